The van der Waals surface area contributed by atoms with Crippen molar-refractivity contribution in [1.82, 2.24) is 10.6 Å². The summed E-state index contributed by atoms with van der Waals surface area (Å²) in [6.07, 6.45) is 6.92. The van der Waals surface area contributed by atoms with Gasteiger partial charge in [0, 0.05) is 13.2 Å². The summed E-state index contributed by atoms with van der Waals surface area (Å²) in [7, 11) is 0. The molecule has 3 atom stereocenters. The maximum absolute atomic E-state index is 12.4. The van der Waals surface area contributed by atoms with Crippen LogP contribution in [0.25, 0.3) is 0 Å². The Balaban J connectivity index is 1.84. The minimum atomic E-state index is -0.0765. The average Bonchev–Trinajstić information content (AvgIpc) is 2.44. The summed E-state index contributed by atoms with van der Waals surface area (Å²) in [6, 6.07) is -0.0765. The fourth-order valence-electron chi connectivity index (χ4n) is 3.79. The van der Waals surface area contributed by atoms with Crippen LogP contribution < -0.4 is 10.6 Å². The van der Waals surface area contributed by atoms with Gasteiger partial charge in [-0.2, -0.15) is 0 Å². The Morgan fingerprint density at radius 3 is 2.60 bits per heavy atom. The molecule has 2 rings (SSSR count). The number of carbonyl (C=O) groups excluding carboxylic acids is 1. The summed E-state index contributed by atoms with van der Waals surface area (Å²) in [6.45, 7) is 6.25. The van der Waals surface area contributed by atoms with E-state index in [4.69, 9.17) is 0 Å². The lowest BCUT2D eigenvalue weighted by molar-refractivity contribution is -0.127. The first kappa shape index (κ1) is 15.8. The van der Waals surface area contributed by atoms with Crippen LogP contribution in [0.15, 0.2) is 0 Å². The van der Waals surface area contributed by atoms with Gasteiger partial charge in [-0.05, 0) is 49.5 Å². The van der Waals surface area contributed by atoms with Crippen molar-refractivity contribution >= 4 is 5.91 Å². The van der Waals surface area contributed by atoms with Crippen LogP contribution in [-0.4, -0.2) is 36.8 Å². The second-order valence-corrected chi connectivity index (χ2v) is 7.21. The molecule has 0 spiro atoms. The molecule has 1 saturated heterocycles. The van der Waals surface area contributed by atoms with Crippen molar-refractivity contribution in [2.45, 2.75) is 58.4 Å². The predicted molar refractivity (Wildman–Crippen MR) is 80.3 cm³/mol. The maximum atomic E-state index is 12.4. The van der Waals surface area contributed by atoms with E-state index in [-0.39, 0.29) is 24.0 Å². The number of nitrogens with one attached hydrogen (secondary N) is 2. The van der Waals surface area contributed by atoms with Crippen molar-refractivity contribution in [3.05, 3.63) is 0 Å². The number of piperidine rings is 1. The molecule has 3 unspecified atom stereocenters. The third-order valence-electron chi connectivity index (χ3n) is 5.23. The Labute approximate surface area is 122 Å². The van der Waals surface area contributed by atoms with Gasteiger partial charge < -0.3 is 15.7 Å². The molecule has 116 valence electrons. The standard InChI is InChI=1S/C16H30N2O2/c1-16(2)8-5-9-17-14(16)15(20)18-10-12-6-3-4-7-13(12)11-19/h12-14,17,19H,3-11H2,1-2H3,(H,18,20). The highest BCUT2D eigenvalue weighted by Crippen LogP contribution is 2.31. The molecule has 4 nitrogen and oxygen atoms in total. The molecule has 0 aromatic heterocycles. The molecule has 20 heavy (non-hydrogen) atoms. The topological polar surface area (TPSA) is 61.4 Å². The molecule has 0 aromatic rings. The molecule has 0 radical (unpaired) electrons. The molecule has 4 heteroatoms. The van der Waals surface area contributed by atoms with Gasteiger partial charge >= 0.3 is 0 Å². The predicted octanol–water partition coefficient (Wildman–Crippen LogP) is 1.68. The van der Waals surface area contributed by atoms with Gasteiger partial charge in [-0.15, -0.1) is 0 Å². The first-order valence-electron chi connectivity index (χ1n) is 8.16. The number of aliphatic hydroxyl groups excluding tert-OH is 1. The fourth-order valence-corrected chi connectivity index (χ4v) is 3.79. The van der Waals surface area contributed by atoms with Gasteiger partial charge in [-0.3, -0.25) is 4.79 Å². The summed E-state index contributed by atoms with van der Waals surface area (Å²) >= 11 is 0. The van der Waals surface area contributed by atoms with Crippen LogP contribution in [0, 0.1) is 17.3 Å². The van der Waals surface area contributed by atoms with Crippen molar-refractivity contribution in [2.24, 2.45) is 17.3 Å². The smallest absolute Gasteiger partial charge is 0.237 e. The number of carbonyl (C=O) groups is 1. The summed E-state index contributed by atoms with van der Waals surface area (Å²) in [5, 5.41) is 15.9. The fraction of sp³-hybridized carbons (Fsp3) is 0.938. The quantitative estimate of drug-likeness (QED) is 0.735. The normalized spacial score (nSPS) is 33.6. The average molecular weight is 282 g/mol. The largest absolute Gasteiger partial charge is 0.396 e. The minimum Gasteiger partial charge on any atom is -0.396 e. The van der Waals surface area contributed by atoms with Crippen molar-refractivity contribution < 1.29 is 9.90 Å². The van der Waals surface area contributed by atoms with Crippen LogP contribution in [0.4, 0.5) is 0 Å². The molecule has 1 heterocycles. The number of hydrogen-bond donors (Lipinski definition) is 3. The van der Waals surface area contributed by atoms with E-state index in [0.717, 1.165) is 38.8 Å². The Morgan fingerprint density at radius 2 is 1.95 bits per heavy atom. The van der Waals surface area contributed by atoms with Crippen LogP contribution in [0.3, 0.4) is 0 Å². The molecule has 0 aromatic carbocycles. The zero-order chi connectivity index (χ0) is 14.6. The van der Waals surface area contributed by atoms with E-state index >= 15 is 0 Å². The van der Waals surface area contributed by atoms with Crippen LogP contribution in [0.2, 0.25) is 0 Å². The Morgan fingerprint density at radius 1 is 1.25 bits per heavy atom. The monoisotopic (exact) mass is 282 g/mol. The van der Waals surface area contributed by atoms with Crippen molar-refractivity contribution in [3.63, 3.8) is 0 Å². The molecule has 1 aliphatic carbocycles. The molecule has 2 fully saturated rings. The summed E-state index contributed by atoms with van der Waals surface area (Å²) in [5.41, 5.74) is 0.0330. The van der Waals surface area contributed by atoms with E-state index in [1.807, 2.05) is 0 Å². The molecule has 1 amide bonds. The van der Waals surface area contributed by atoms with E-state index in [2.05, 4.69) is 24.5 Å². The molecular formula is C16H30N2O2. The Hall–Kier alpha value is -0.610. The maximum Gasteiger partial charge on any atom is 0.237 e. The Kier molecular flexibility index (Phi) is 5.44. The second kappa shape index (κ2) is 6.90. The van der Waals surface area contributed by atoms with Crippen molar-refractivity contribution in [3.8, 4) is 0 Å². The van der Waals surface area contributed by atoms with Gasteiger partial charge in [0.1, 0.15) is 0 Å². The van der Waals surface area contributed by atoms with E-state index in [0.29, 0.717) is 11.8 Å². The molecule has 0 bridgehead atoms. The molecule has 2 aliphatic rings. The minimum absolute atomic E-state index is 0.0330. The number of hydrogen-bond acceptors (Lipinski definition) is 3. The van der Waals surface area contributed by atoms with E-state index in [1.54, 1.807) is 0 Å². The zero-order valence-electron chi connectivity index (χ0n) is 13.0. The van der Waals surface area contributed by atoms with E-state index in [1.165, 1.54) is 12.8 Å². The van der Waals surface area contributed by atoms with Crippen LogP contribution in [0.5, 0.6) is 0 Å². The lowest BCUT2D eigenvalue weighted by atomic mass is 9.76. The number of amides is 1. The molecule has 1 saturated carbocycles. The van der Waals surface area contributed by atoms with Gasteiger partial charge in [0.2, 0.25) is 5.91 Å². The third kappa shape index (κ3) is 3.73. The number of aliphatic hydroxyl groups is 1. The zero-order valence-corrected chi connectivity index (χ0v) is 13.0. The highest BCUT2D eigenvalue weighted by molar-refractivity contribution is 5.82. The summed E-state index contributed by atoms with van der Waals surface area (Å²) in [5.74, 6) is 0.956. The lowest BCUT2D eigenvalue weighted by Crippen LogP contribution is -2.56. The van der Waals surface area contributed by atoms with Crippen molar-refractivity contribution in [1.29, 1.82) is 0 Å². The SMILES string of the molecule is CC1(C)CCCNC1C(=O)NCC1CCCCC1CO. The second-order valence-electron chi connectivity index (χ2n) is 7.21. The van der Waals surface area contributed by atoms with E-state index in [9.17, 15) is 9.90 Å². The van der Waals surface area contributed by atoms with Gasteiger partial charge in [0.15, 0.2) is 0 Å². The highest BCUT2D eigenvalue weighted by Gasteiger charge is 2.37. The first-order valence-corrected chi connectivity index (χ1v) is 8.16. The molecular weight excluding hydrogens is 252 g/mol. The summed E-state index contributed by atoms with van der Waals surface area (Å²) < 4.78 is 0. The lowest BCUT2D eigenvalue weighted by Gasteiger charge is -2.39. The highest BCUT2D eigenvalue weighted by atomic mass is 16.3. The third-order valence-corrected chi connectivity index (χ3v) is 5.23. The summed E-state index contributed by atoms with van der Waals surface area (Å²) in [4.78, 5) is 12.4. The van der Waals surface area contributed by atoms with E-state index < -0.39 is 0 Å². The number of rotatable bonds is 4. The van der Waals surface area contributed by atoms with Gasteiger partial charge in [0.05, 0.1) is 6.04 Å². The Bertz CT molecular complexity index is 330. The van der Waals surface area contributed by atoms with Crippen LogP contribution in [0.1, 0.15) is 52.4 Å². The molecule has 3 N–H and O–H groups in total. The van der Waals surface area contributed by atoms with Crippen molar-refractivity contribution in [2.75, 3.05) is 19.7 Å². The first-order chi connectivity index (χ1) is 9.54. The van der Waals surface area contributed by atoms with Gasteiger partial charge in [-0.25, -0.2) is 0 Å². The van der Waals surface area contributed by atoms with Gasteiger partial charge in [-0.1, -0.05) is 26.7 Å². The van der Waals surface area contributed by atoms with Crippen LogP contribution in [-0.2, 0) is 4.79 Å². The molecule has 1 aliphatic heterocycles. The van der Waals surface area contributed by atoms with Crippen LogP contribution >= 0.6 is 0 Å². The van der Waals surface area contributed by atoms with Gasteiger partial charge in [0.25, 0.3) is 0 Å².